The minimum Gasteiger partial charge on any atom is -0.481 e. The second-order valence-electron chi connectivity index (χ2n) is 7.74. The smallest absolute Gasteiger partial charge is 0.305 e. The number of carboxylic acids is 1. The first-order valence-electron chi connectivity index (χ1n) is 9.94. The first-order chi connectivity index (χ1) is 14.1. The van der Waals surface area contributed by atoms with Gasteiger partial charge in [-0.25, -0.2) is 4.39 Å². The molecule has 0 aliphatic carbocycles. The molecule has 0 saturated heterocycles. The molecule has 3 N–H and O–H groups in total. The first kappa shape index (κ1) is 23.1. The van der Waals surface area contributed by atoms with E-state index in [1.807, 2.05) is 45.9 Å². The van der Waals surface area contributed by atoms with Gasteiger partial charge in [-0.15, -0.1) is 0 Å². The topological polar surface area (TPSA) is 78.4 Å². The molecular formula is C24H29FN2O3. The van der Waals surface area contributed by atoms with E-state index in [9.17, 15) is 14.0 Å². The summed E-state index contributed by atoms with van der Waals surface area (Å²) in [6, 6.07) is 9.22. The molecule has 0 unspecified atom stereocenters. The maximum absolute atomic E-state index is 14.7. The Hall–Kier alpha value is -3.15. The minimum atomic E-state index is -0.959. The summed E-state index contributed by atoms with van der Waals surface area (Å²) in [5.74, 6) is -1.56. The van der Waals surface area contributed by atoms with Crippen molar-refractivity contribution in [3.8, 4) is 11.1 Å². The zero-order valence-corrected chi connectivity index (χ0v) is 18.1. The highest BCUT2D eigenvalue weighted by molar-refractivity contribution is 5.97. The number of rotatable bonds is 8. The molecule has 2 rings (SSSR count). The van der Waals surface area contributed by atoms with Crippen molar-refractivity contribution in [2.24, 2.45) is 0 Å². The Labute approximate surface area is 177 Å². The van der Waals surface area contributed by atoms with E-state index in [4.69, 9.17) is 5.11 Å². The van der Waals surface area contributed by atoms with Gasteiger partial charge in [-0.05, 0) is 81.1 Å². The molecule has 0 aliphatic heterocycles. The van der Waals surface area contributed by atoms with E-state index in [0.717, 1.165) is 27.9 Å². The fraction of sp³-hybridized carbons (Fsp3) is 0.333. The lowest BCUT2D eigenvalue weighted by molar-refractivity contribution is -0.136. The van der Waals surface area contributed by atoms with Crippen LogP contribution in [0.5, 0.6) is 0 Å². The Morgan fingerprint density at radius 2 is 1.80 bits per heavy atom. The number of benzene rings is 2. The summed E-state index contributed by atoms with van der Waals surface area (Å²) in [4.78, 5) is 22.7. The van der Waals surface area contributed by atoms with Crippen molar-refractivity contribution in [1.29, 1.82) is 0 Å². The zero-order valence-electron chi connectivity index (χ0n) is 18.1. The van der Waals surface area contributed by atoms with Crippen LogP contribution in [0.15, 0.2) is 35.9 Å². The molecule has 30 heavy (non-hydrogen) atoms. The molecule has 0 fully saturated rings. The Bertz CT molecular complexity index is 981. The van der Waals surface area contributed by atoms with Crippen LogP contribution >= 0.6 is 0 Å². The van der Waals surface area contributed by atoms with Gasteiger partial charge in [0.05, 0.1) is 6.42 Å². The van der Waals surface area contributed by atoms with E-state index in [0.29, 0.717) is 11.1 Å². The molecule has 2 aromatic carbocycles. The minimum absolute atomic E-state index is 0.0806. The second-order valence-corrected chi connectivity index (χ2v) is 7.74. The standard InChI is InChI=1S/C24H29FN2O3/c1-14(2)27-19-6-7-20(22(25)13-19)21-12-15(3)18(10-16(21)4)11-17(5)24(30)26-9-8-23(28)29/h6-7,10-14,27H,8-9H2,1-5H3,(H,26,30)(H,28,29). The van der Waals surface area contributed by atoms with Gasteiger partial charge in [0.25, 0.3) is 0 Å². The Kier molecular flexibility index (Phi) is 7.75. The van der Waals surface area contributed by atoms with Gasteiger partial charge in [-0.1, -0.05) is 12.1 Å². The molecule has 2 aromatic rings. The van der Waals surface area contributed by atoms with Crippen molar-refractivity contribution >= 4 is 23.6 Å². The summed E-state index contributed by atoms with van der Waals surface area (Å²) in [6.07, 6.45) is 1.64. The van der Waals surface area contributed by atoms with E-state index in [1.54, 1.807) is 19.1 Å². The third-order valence-corrected chi connectivity index (χ3v) is 4.68. The molecule has 0 radical (unpaired) electrons. The molecule has 0 saturated carbocycles. The lowest BCUT2D eigenvalue weighted by atomic mass is 9.93. The molecule has 160 valence electrons. The number of anilines is 1. The predicted molar refractivity (Wildman–Crippen MR) is 119 cm³/mol. The molecule has 0 atom stereocenters. The third-order valence-electron chi connectivity index (χ3n) is 4.68. The van der Waals surface area contributed by atoms with E-state index in [2.05, 4.69) is 10.6 Å². The van der Waals surface area contributed by atoms with Gasteiger partial charge in [0.15, 0.2) is 0 Å². The highest BCUT2D eigenvalue weighted by atomic mass is 19.1. The highest BCUT2D eigenvalue weighted by Gasteiger charge is 2.12. The van der Waals surface area contributed by atoms with E-state index in [1.165, 1.54) is 6.07 Å². The van der Waals surface area contributed by atoms with Crippen molar-refractivity contribution in [3.63, 3.8) is 0 Å². The largest absolute Gasteiger partial charge is 0.481 e. The number of carboxylic acid groups (broad SMARTS) is 1. The SMILES string of the molecule is CC(=Cc1cc(C)c(-c2ccc(NC(C)C)cc2F)cc1C)C(=O)NCCC(=O)O. The monoisotopic (exact) mass is 412 g/mol. The molecular weight excluding hydrogens is 383 g/mol. The predicted octanol–water partition coefficient (Wildman–Crippen LogP) is 4.92. The van der Waals surface area contributed by atoms with Gasteiger partial charge in [0.1, 0.15) is 5.82 Å². The number of halogens is 1. The van der Waals surface area contributed by atoms with Crippen LogP contribution in [0.25, 0.3) is 17.2 Å². The number of carbonyl (C=O) groups excluding carboxylic acids is 1. The number of aryl methyl sites for hydroxylation is 2. The van der Waals surface area contributed by atoms with Gasteiger partial charge >= 0.3 is 5.97 Å². The normalized spacial score (nSPS) is 11.5. The Morgan fingerprint density at radius 3 is 2.40 bits per heavy atom. The van der Waals surface area contributed by atoms with Crippen LogP contribution in [0.1, 0.15) is 43.9 Å². The average Bonchev–Trinajstić information content (AvgIpc) is 2.64. The quantitative estimate of drug-likeness (QED) is 0.538. The highest BCUT2D eigenvalue weighted by Crippen LogP contribution is 2.31. The van der Waals surface area contributed by atoms with Crippen LogP contribution in [0.4, 0.5) is 10.1 Å². The summed E-state index contributed by atoms with van der Waals surface area (Å²) < 4.78 is 14.7. The number of nitrogens with one attached hydrogen (secondary N) is 2. The van der Waals surface area contributed by atoms with Crippen LogP contribution in [0.2, 0.25) is 0 Å². The van der Waals surface area contributed by atoms with Crippen LogP contribution in [0, 0.1) is 19.7 Å². The number of carbonyl (C=O) groups is 2. The van der Waals surface area contributed by atoms with Gasteiger partial charge in [0, 0.05) is 29.4 Å². The third kappa shape index (κ3) is 6.17. The lowest BCUT2D eigenvalue weighted by Gasteiger charge is -2.14. The van der Waals surface area contributed by atoms with Gasteiger partial charge in [-0.3, -0.25) is 9.59 Å². The number of hydrogen-bond donors (Lipinski definition) is 3. The van der Waals surface area contributed by atoms with Crippen LogP contribution in [-0.2, 0) is 9.59 Å². The van der Waals surface area contributed by atoms with Crippen LogP contribution in [0.3, 0.4) is 0 Å². The van der Waals surface area contributed by atoms with E-state index < -0.39 is 5.97 Å². The van der Waals surface area contributed by atoms with Crippen molar-refractivity contribution in [2.45, 2.75) is 47.1 Å². The Balaban J connectivity index is 2.27. The fourth-order valence-electron chi connectivity index (χ4n) is 3.16. The molecule has 0 aliphatic rings. The summed E-state index contributed by atoms with van der Waals surface area (Å²) in [5.41, 5.74) is 5.23. The second kappa shape index (κ2) is 10.1. The van der Waals surface area contributed by atoms with Gasteiger partial charge in [-0.2, -0.15) is 0 Å². The Morgan fingerprint density at radius 1 is 1.10 bits per heavy atom. The summed E-state index contributed by atoms with van der Waals surface area (Å²) in [5, 5.41) is 14.4. The van der Waals surface area contributed by atoms with Crippen molar-refractivity contribution in [2.75, 3.05) is 11.9 Å². The van der Waals surface area contributed by atoms with Crippen molar-refractivity contribution < 1.29 is 19.1 Å². The molecule has 0 bridgehead atoms. The fourth-order valence-corrected chi connectivity index (χ4v) is 3.16. The van der Waals surface area contributed by atoms with E-state index >= 15 is 0 Å². The molecule has 0 spiro atoms. The summed E-state index contributed by atoms with van der Waals surface area (Å²) >= 11 is 0. The molecule has 5 nitrogen and oxygen atoms in total. The molecule has 6 heteroatoms. The maximum atomic E-state index is 14.7. The zero-order chi connectivity index (χ0) is 22.4. The van der Waals surface area contributed by atoms with Crippen LogP contribution < -0.4 is 10.6 Å². The average molecular weight is 413 g/mol. The maximum Gasteiger partial charge on any atom is 0.305 e. The van der Waals surface area contributed by atoms with Gasteiger partial charge < -0.3 is 15.7 Å². The van der Waals surface area contributed by atoms with Gasteiger partial charge in [0.2, 0.25) is 5.91 Å². The summed E-state index contributed by atoms with van der Waals surface area (Å²) in [6.45, 7) is 9.58. The number of amides is 1. The number of aliphatic carboxylic acids is 1. The lowest BCUT2D eigenvalue weighted by Crippen LogP contribution is -2.26. The molecule has 0 aromatic heterocycles. The molecule has 0 heterocycles. The van der Waals surface area contributed by atoms with E-state index in [-0.39, 0.29) is 30.7 Å². The number of hydrogen-bond acceptors (Lipinski definition) is 3. The summed E-state index contributed by atoms with van der Waals surface area (Å²) in [7, 11) is 0. The van der Waals surface area contributed by atoms with Crippen LogP contribution in [-0.4, -0.2) is 29.6 Å². The van der Waals surface area contributed by atoms with Crippen molar-refractivity contribution in [1.82, 2.24) is 5.32 Å². The van der Waals surface area contributed by atoms with Crippen molar-refractivity contribution in [3.05, 3.63) is 58.4 Å². The molecule has 1 amide bonds. The first-order valence-corrected chi connectivity index (χ1v) is 9.94.